The number of rotatable bonds is 8. The van der Waals surface area contributed by atoms with E-state index < -0.39 is 44.9 Å². The molecule has 0 unspecified atom stereocenters. The zero-order chi connectivity index (χ0) is 26.0. The van der Waals surface area contributed by atoms with Crippen molar-refractivity contribution < 1.29 is 31.9 Å². The number of thiazole rings is 1. The number of methoxy groups -OCH3 is 1. The van der Waals surface area contributed by atoms with Crippen molar-refractivity contribution in [2.75, 3.05) is 23.9 Å². The number of sulfone groups is 1. The molecule has 3 aromatic rings. The van der Waals surface area contributed by atoms with Gasteiger partial charge < -0.3 is 14.6 Å². The summed E-state index contributed by atoms with van der Waals surface area (Å²) in [6.45, 7) is 3.94. The number of nitrogens with zero attached hydrogens (tertiary/aromatic N) is 2. The number of anilines is 1. The van der Waals surface area contributed by atoms with E-state index in [1.54, 1.807) is 10.6 Å². The van der Waals surface area contributed by atoms with Gasteiger partial charge in [-0.15, -0.1) is 17.9 Å². The van der Waals surface area contributed by atoms with Crippen molar-refractivity contribution in [3.63, 3.8) is 0 Å². The minimum absolute atomic E-state index is 0.191. The van der Waals surface area contributed by atoms with Crippen LogP contribution in [0.25, 0.3) is 10.2 Å². The van der Waals surface area contributed by atoms with E-state index in [0.29, 0.717) is 16.6 Å². The highest BCUT2D eigenvalue weighted by Gasteiger charge is 2.29. The van der Waals surface area contributed by atoms with Crippen molar-refractivity contribution in [3.8, 4) is 0 Å². The molecule has 9 nitrogen and oxygen atoms in total. The molecule has 2 amide bonds. The van der Waals surface area contributed by atoms with Crippen LogP contribution in [-0.4, -0.2) is 49.4 Å². The van der Waals surface area contributed by atoms with Crippen LogP contribution in [0.5, 0.6) is 0 Å². The summed E-state index contributed by atoms with van der Waals surface area (Å²) in [5.41, 5.74) is 1.69. The molecule has 2 aromatic heterocycles. The van der Waals surface area contributed by atoms with Gasteiger partial charge in [0.25, 0.3) is 5.91 Å². The van der Waals surface area contributed by atoms with E-state index in [2.05, 4.69) is 16.9 Å². The second kappa shape index (κ2) is 10.4. The predicted molar refractivity (Wildman–Crippen MR) is 136 cm³/mol. The smallest absolute Gasteiger partial charge is 0.341 e. The second-order valence-corrected chi connectivity index (χ2v) is 12.2. The number of ether oxygens (including phenoxy) is 1. The Labute approximate surface area is 213 Å². The molecule has 4 rings (SSSR count). The number of hydrogen-bond acceptors (Lipinski definition) is 8. The summed E-state index contributed by atoms with van der Waals surface area (Å²) in [5.74, 6) is -4.82. The van der Waals surface area contributed by atoms with Crippen molar-refractivity contribution in [2.24, 2.45) is 4.99 Å². The zero-order valence-electron chi connectivity index (χ0n) is 19.2. The quantitative estimate of drug-likeness (QED) is 0.339. The summed E-state index contributed by atoms with van der Waals surface area (Å²) >= 11 is 2.26. The summed E-state index contributed by atoms with van der Waals surface area (Å²) in [7, 11) is -2.93. The van der Waals surface area contributed by atoms with Gasteiger partial charge in [-0.3, -0.25) is 9.59 Å². The van der Waals surface area contributed by atoms with Gasteiger partial charge in [0.15, 0.2) is 14.6 Å². The fraction of sp³-hybridized carbons (Fsp3) is 0.304. The number of benzene rings is 1. The number of carbonyl (C=O) groups excluding carboxylic acids is 3. The lowest BCUT2D eigenvalue weighted by atomic mass is 10.1. The van der Waals surface area contributed by atoms with Crippen LogP contribution in [-0.2, 0) is 43.5 Å². The molecule has 0 bridgehead atoms. The maximum atomic E-state index is 13.6. The second-order valence-electron chi connectivity index (χ2n) is 8.03. The van der Waals surface area contributed by atoms with Crippen LogP contribution in [0.15, 0.2) is 35.8 Å². The van der Waals surface area contributed by atoms with Gasteiger partial charge in [-0.1, -0.05) is 17.4 Å². The zero-order valence-corrected chi connectivity index (χ0v) is 21.7. The molecule has 0 fully saturated rings. The molecule has 0 spiro atoms. The van der Waals surface area contributed by atoms with Gasteiger partial charge in [-0.05, 0) is 43.0 Å². The maximum Gasteiger partial charge on any atom is 0.341 e. The summed E-state index contributed by atoms with van der Waals surface area (Å²) < 4.78 is 45.7. The standard InChI is InChI=1S/C23H22FN3O6S3/c1-3-9-27-15-8-7-13(24)10-17(15)35-23(27)26-19(29)12-36(31,32)11-18(28)25-21-20(22(30)33-2)14-5-4-6-16(14)34-21/h3,7-8,10H,1,4-6,9,11-12H2,2H3,(H,25,28). The first-order valence-electron chi connectivity index (χ1n) is 10.8. The van der Waals surface area contributed by atoms with E-state index >= 15 is 0 Å². The van der Waals surface area contributed by atoms with Crippen molar-refractivity contribution in [2.45, 2.75) is 25.8 Å². The molecule has 1 aliphatic rings. The first-order chi connectivity index (χ1) is 17.1. The average molecular weight is 552 g/mol. The minimum atomic E-state index is -4.17. The predicted octanol–water partition coefficient (Wildman–Crippen LogP) is 2.85. The van der Waals surface area contributed by atoms with Crippen LogP contribution in [0.1, 0.15) is 27.2 Å². The van der Waals surface area contributed by atoms with E-state index in [4.69, 9.17) is 4.74 Å². The van der Waals surface area contributed by atoms with Gasteiger partial charge in [-0.25, -0.2) is 17.6 Å². The number of amides is 2. The first-order valence-corrected chi connectivity index (χ1v) is 14.3. The molecular formula is C23H22FN3O6S3. The molecule has 0 radical (unpaired) electrons. The first kappa shape index (κ1) is 25.9. The number of nitrogens with one attached hydrogen (secondary N) is 1. The molecule has 36 heavy (non-hydrogen) atoms. The van der Waals surface area contributed by atoms with Gasteiger partial charge in [0.2, 0.25) is 5.91 Å². The maximum absolute atomic E-state index is 13.6. The van der Waals surface area contributed by atoms with Gasteiger partial charge in [0.1, 0.15) is 22.3 Å². The van der Waals surface area contributed by atoms with E-state index in [0.717, 1.165) is 34.6 Å². The summed E-state index contributed by atoms with van der Waals surface area (Å²) in [5, 5.41) is 2.73. The van der Waals surface area contributed by atoms with Gasteiger partial charge >= 0.3 is 5.97 Å². The Morgan fingerprint density at radius 2 is 2.03 bits per heavy atom. The van der Waals surface area contributed by atoms with E-state index in [9.17, 15) is 27.2 Å². The highest BCUT2D eigenvalue weighted by Crippen LogP contribution is 2.39. The highest BCUT2D eigenvalue weighted by molar-refractivity contribution is 7.92. The number of thiophene rings is 1. The van der Waals surface area contributed by atoms with Crippen LogP contribution < -0.4 is 10.1 Å². The molecule has 190 valence electrons. The number of hydrogen-bond donors (Lipinski definition) is 1. The van der Waals surface area contributed by atoms with Crippen molar-refractivity contribution in [1.29, 1.82) is 0 Å². The number of fused-ring (bicyclic) bond motifs is 2. The molecule has 0 aliphatic heterocycles. The Balaban J connectivity index is 1.50. The number of carbonyl (C=O) groups is 3. The Morgan fingerprint density at radius 1 is 1.25 bits per heavy atom. The molecule has 2 heterocycles. The monoisotopic (exact) mass is 551 g/mol. The Bertz CT molecular complexity index is 1570. The van der Waals surface area contributed by atoms with Crippen molar-refractivity contribution >= 4 is 65.5 Å². The molecule has 0 saturated carbocycles. The SMILES string of the molecule is C=CCn1c(=NC(=O)CS(=O)(=O)CC(=O)Nc2sc3c(c2C(=O)OC)CCC3)sc2cc(F)ccc21. The summed E-state index contributed by atoms with van der Waals surface area (Å²) in [6.07, 6.45) is 3.91. The third-order valence-electron chi connectivity index (χ3n) is 5.43. The fourth-order valence-electron chi connectivity index (χ4n) is 3.99. The lowest BCUT2D eigenvalue weighted by Crippen LogP contribution is -2.28. The summed E-state index contributed by atoms with van der Waals surface area (Å²) in [4.78, 5) is 42.3. The molecule has 1 N–H and O–H groups in total. The van der Waals surface area contributed by atoms with Crippen LogP contribution >= 0.6 is 22.7 Å². The molecule has 0 saturated heterocycles. The number of aromatic nitrogens is 1. The van der Waals surface area contributed by atoms with Gasteiger partial charge in [0, 0.05) is 11.4 Å². The largest absolute Gasteiger partial charge is 0.465 e. The lowest BCUT2D eigenvalue weighted by Gasteiger charge is -2.07. The molecule has 1 aliphatic carbocycles. The van der Waals surface area contributed by atoms with E-state index in [1.165, 1.54) is 36.6 Å². The number of allylic oxidation sites excluding steroid dienone is 1. The molecule has 0 atom stereocenters. The topological polar surface area (TPSA) is 124 Å². The Morgan fingerprint density at radius 3 is 2.75 bits per heavy atom. The van der Waals surface area contributed by atoms with Crippen molar-refractivity contribution in [3.05, 3.63) is 57.5 Å². The number of halogens is 1. The fourth-order valence-corrected chi connectivity index (χ4v) is 7.38. The van der Waals surface area contributed by atoms with Crippen molar-refractivity contribution in [1.82, 2.24) is 4.57 Å². The molecular weight excluding hydrogens is 529 g/mol. The molecule has 13 heteroatoms. The van der Waals surface area contributed by atoms with E-state index in [-0.39, 0.29) is 21.9 Å². The van der Waals surface area contributed by atoms with Crippen LogP contribution in [0.4, 0.5) is 9.39 Å². The number of esters is 1. The molecule has 1 aromatic carbocycles. The van der Waals surface area contributed by atoms with Gasteiger partial charge in [0.05, 0.1) is 22.9 Å². The highest BCUT2D eigenvalue weighted by atomic mass is 32.2. The minimum Gasteiger partial charge on any atom is -0.465 e. The Kier molecular flexibility index (Phi) is 7.52. The van der Waals surface area contributed by atoms with Crippen LogP contribution in [0, 0.1) is 5.82 Å². The third kappa shape index (κ3) is 5.47. The average Bonchev–Trinajstić information content (AvgIpc) is 3.45. The normalized spacial score (nSPS) is 13.6. The van der Waals surface area contributed by atoms with E-state index in [1.807, 2.05) is 0 Å². The lowest BCUT2D eigenvalue weighted by molar-refractivity contribution is -0.115. The van der Waals surface area contributed by atoms with Gasteiger partial charge in [-0.2, -0.15) is 4.99 Å². The Hall–Kier alpha value is -3.16. The van der Waals surface area contributed by atoms with Crippen LogP contribution in [0.3, 0.4) is 0 Å². The number of aryl methyl sites for hydroxylation is 1. The summed E-state index contributed by atoms with van der Waals surface area (Å²) in [6, 6.07) is 4.11. The van der Waals surface area contributed by atoms with Crippen LogP contribution in [0.2, 0.25) is 0 Å². The third-order valence-corrected chi connectivity index (χ3v) is 9.07.